The molecular weight excluding hydrogens is 427 g/mol. The van der Waals surface area contributed by atoms with Crippen molar-refractivity contribution in [1.29, 1.82) is 0 Å². The topological polar surface area (TPSA) is 68.2 Å². The fraction of sp³-hybridized carbons (Fsp3) is 0.333. The van der Waals surface area contributed by atoms with Gasteiger partial charge in [0.1, 0.15) is 5.82 Å². The third-order valence-electron chi connectivity index (χ3n) is 5.18. The summed E-state index contributed by atoms with van der Waals surface area (Å²) in [5, 5.41) is 9.27. The molecule has 0 unspecified atom stereocenters. The first-order valence-corrected chi connectivity index (χ1v) is 11.5. The molecule has 1 amide bonds. The molecule has 0 aliphatic carbocycles. The van der Waals surface area contributed by atoms with Gasteiger partial charge in [0.05, 0.1) is 5.69 Å². The number of anilines is 1. The van der Waals surface area contributed by atoms with Gasteiger partial charge in [-0.2, -0.15) is 4.98 Å². The van der Waals surface area contributed by atoms with E-state index in [-0.39, 0.29) is 11.7 Å². The molecule has 0 fully saturated rings. The summed E-state index contributed by atoms with van der Waals surface area (Å²) in [6, 6.07) is 11.7. The minimum absolute atomic E-state index is 0.211. The van der Waals surface area contributed by atoms with E-state index in [0.29, 0.717) is 33.9 Å². The van der Waals surface area contributed by atoms with Gasteiger partial charge in [-0.1, -0.05) is 49.4 Å². The van der Waals surface area contributed by atoms with Crippen LogP contribution in [0.15, 0.2) is 47.6 Å². The van der Waals surface area contributed by atoms with Gasteiger partial charge in [-0.05, 0) is 43.5 Å². The molecule has 32 heavy (non-hydrogen) atoms. The SMILES string of the molecule is CC(=O)N1c2ccc(C)cc2-c2nnc(SCCC(C)C)nc2O[C@@H]1c1ccc(F)cc1. The number of carbonyl (C=O) groups is 1. The molecule has 0 radical (unpaired) electrons. The van der Waals surface area contributed by atoms with Crippen molar-refractivity contribution in [3.8, 4) is 17.1 Å². The van der Waals surface area contributed by atoms with E-state index < -0.39 is 6.23 Å². The lowest BCUT2D eigenvalue weighted by Crippen LogP contribution is -2.36. The van der Waals surface area contributed by atoms with E-state index in [2.05, 4.69) is 29.0 Å². The summed E-state index contributed by atoms with van der Waals surface area (Å²) < 4.78 is 19.9. The predicted octanol–water partition coefficient (Wildman–Crippen LogP) is 5.57. The van der Waals surface area contributed by atoms with E-state index in [4.69, 9.17) is 4.74 Å². The summed E-state index contributed by atoms with van der Waals surface area (Å²) in [7, 11) is 0. The third kappa shape index (κ3) is 4.60. The summed E-state index contributed by atoms with van der Waals surface area (Å²) in [4.78, 5) is 19.0. The monoisotopic (exact) mass is 452 g/mol. The zero-order chi connectivity index (χ0) is 22.8. The van der Waals surface area contributed by atoms with Gasteiger partial charge in [0.2, 0.25) is 23.2 Å². The Morgan fingerprint density at radius 2 is 1.94 bits per heavy atom. The fourth-order valence-corrected chi connectivity index (χ4v) is 4.53. The molecule has 2 aromatic carbocycles. The van der Waals surface area contributed by atoms with Crippen LogP contribution in [0.2, 0.25) is 0 Å². The largest absolute Gasteiger partial charge is 0.447 e. The molecule has 1 aliphatic rings. The maximum atomic E-state index is 13.6. The van der Waals surface area contributed by atoms with Crippen LogP contribution in [0.3, 0.4) is 0 Å². The maximum absolute atomic E-state index is 13.6. The molecule has 2 heterocycles. The molecule has 1 aromatic heterocycles. The Morgan fingerprint density at radius 1 is 1.19 bits per heavy atom. The van der Waals surface area contributed by atoms with Crippen molar-refractivity contribution in [3.05, 3.63) is 59.4 Å². The molecule has 3 aromatic rings. The summed E-state index contributed by atoms with van der Waals surface area (Å²) in [6.07, 6.45) is 0.214. The maximum Gasteiger partial charge on any atom is 0.247 e. The number of hydrogen-bond acceptors (Lipinski definition) is 6. The highest BCUT2D eigenvalue weighted by molar-refractivity contribution is 7.99. The molecule has 0 bridgehead atoms. The molecule has 0 saturated carbocycles. The fourth-order valence-electron chi connectivity index (χ4n) is 3.51. The Labute approximate surface area is 191 Å². The van der Waals surface area contributed by atoms with Crippen molar-refractivity contribution < 1.29 is 13.9 Å². The van der Waals surface area contributed by atoms with Crippen molar-refractivity contribution >= 4 is 23.4 Å². The number of thioether (sulfide) groups is 1. The van der Waals surface area contributed by atoms with Crippen molar-refractivity contribution in [3.63, 3.8) is 0 Å². The standard InChI is InChI=1S/C24H25FN4O2S/c1-14(2)11-12-32-24-26-22-21(27-28-24)19-13-15(3)5-10-20(19)29(16(4)30)23(31-22)17-6-8-18(25)9-7-17/h5-10,13-14,23H,11-12H2,1-4H3/t23-/m1/s1. The van der Waals surface area contributed by atoms with Crippen LogP contribution < -0.4 is 9.64 Å². The predicted molar refractivity (Wildman–Crippen MR) is 123 cm³/mol. The highest BCUT2D eigenvalue weighted by Crippen LogP contribution is 2.43. The zero-order valence-electron chi connectivity index (χ0n) is 18.5. The van der Waals surface area contributed by atoms with Crippen LogP contribution >= 0.6 is 11.8 Å². The van der Waals surface area contributed by atoms with Crippen LogP contribution in [0.5, 0.6) is 5.88 Å². The molecule has 0 saturated heterocycles. The van der Waals surface area contributed by atoms with Crippen LogP contribution in [-0.2, 0) is 4.79 Å². The molecule has 0 N–H and O–H groups in total. The minimum atomic E-state index is -0.818. The van der Waals surface area contributed by atoms with Gasteiger partial charge >= 0.3 is 0 Å². The van der Waals surface area contributed by atoms with Crippen LogP contribution in [0.25, 0.3) is 11.3 Å². The second kappa shape index (κ2) is 9.24. The van der Waals surface area contributed by atoms with E-state index in [9.17, 15) is 9.18 Å². The first-order valence-electron chi connectivity index (χ1n) is 10.5. The minimum Gasteiger partial charge on any atom is -0.447 e. The first kappa shape index (κ1) is 22.2. The van der Waals surface area contributed by atoms with E-state index in [1.807, 2.05) is 25.1 Å². The molecule has 166 valence electrons. The number of carbonyl (C=O) groups excluding carboxylic acids is 1. The highest BCUT2D eigenvalue weighted by atomic mass is 32.2. The summed E-state index contributed by atoms with van der Waals surface area (Å²) >= 11 is 1.52. The van der Waals surface area contributed by atoms with Gasteiger partial charge in [0, 0.05) is 23.8 Å². The van der Waals surface area contributed by atoms with Gasteiger partial charge in [0.15, 0.2) is 5.69 Å². The molecule has 4 rings (SSSR count). The number of fused-ring (bicyclic) bond motifs is 3. The van der Waals surface area contributed by atoms with E-state index >= 15 is 0 Å². The number of amides is 1. The van der Waals surface area contributed by atoms with E-state index in [1.165, 1.54) is 30.8 Å². The molecule has 8 heteroatoms. The Bertz CT molecular complexity index is 1140. The van der Waals surface area contributed by atoms with E-state index in [1.54, 1.807) is 17.0 Å². The number of benzene rings is 2. The summed E-state index contributed by atoms with van der Waals surface area (Å²) in [5.41, 5.74) is 3.49. The van der Waals surface area contributed by atoms with Gasteiger partial charge in [-0.15, -0.1) is 10.2 Å². The molecule has 1 atom stereocenters. The number of nitrogens with zero attached hydrogens (tertiary/aromatic N) is 4. The second-order valence-corrected chi connectivity index (χ2v) is 9.27. The van der Waals surface area contributed by atoms with Crippen LogP contribution in [0.4, 0.5) is 10.1 Å². The lowest BCUT2D eigenvalue weighted by atomic mass is 10.0. The Morgan fingerprint density at radius 3 is 2.62 bits per heavy atom. The highest BCUT2D eigenvalue weighted by Gasteiger charge is 2.34. The molecular formula is C24H25FN4O2S. The van der Waals surface area contributed by atoms with Gasteiger partial charge in [0.25, 0.3) is 0 Å². The Hall–Kier alpha value is -3.00. The van der Waals surface area contributed by atoms with Crippen molar-refractivity contribution in [2.24, 2.45) is 5.92 Å². The summed E-state index contributed by atoms with van der Waals surface area (Å²) in [6.45, 7) is 7.79. The molecule has 1 aliphatic heterocycles. The quantitative estimate of drug-likeness (QED) is 0.472. The summed E-state index contributed by atoms with van der Waals surface area (Å²) in [5.74, 6) is 1.18. The van der Waals surface area contributed by atoms with Crippen molar-refractivity contribution in [2.75, 3.05) is 10.7 Å². The number of hydrogen-bond donors (Lipinski definition) is 0. The lowest BCUT2D eigenvalue weighted by molar-refractivity contribution is -0.118. The first-order chi connectivity index (χ1) is 15.3. The number of rotatable bonds is 5. The van der Waals surface area contributed by atoms with Crippen LogP contribution in [0.1, 0.15) is 44.5 Å². The molecule has 6 nitrogen and oxygen atoms in total. The smallest absolute Gasteiger partial charge is 0.247 e. The number of aromatic nitrogens is 3. The zero-order valence-corrected chi connectivity index (χ0v) is 19.3. The number of ether oxygens (including phenoxy) is 1. The lowest BCUT2D eigenvalue weighted by Gasteiger charge is -2.30. The van der Waals surface area contributed by atoms with Gasteiger partial charge in [-0.3, -0.25) is 9.69 Å². The van der Waals surface area contributed by atoms with Gasteiger partial charge in [-0.25, -0.2) is 4.39 Å². The average molecular weight is 453 g/mol. The van der Waals surface area contributed by atoms with Crippen LogP contribution in [0, 0.1) is 18.7 Å². The third-order valence-corrected chi connectivity index (χ3v) is 6.05. The van der Waals surface area contributed by atoms with Gasteiger partial charge < -0.3 is 4.74 Å². The second-order valence-electron chi connectivity index (χ2n) is 8.21. The Balaban J connectivity index is 1.84. The average Bonchev–Trinajstić information content (AvgIpc) is 2.88. The molecule has 0 spiro atoms. The van der Waals surface area contributed by atoms with Crippen molar-refractivity contribution in [2.45, 2.75) is 45.5 Å². The normalized spacial score (nSPS) is 15.1. The van der Waals surface area contributed by atoms with Crippen LogP contribution in [-0.4, -0.2) is 26.8 Å². The van der Waals surface area contributed by atoms with Crippen molar-refractivity contribution in [1.82, 2.24) is 15.2 Å². The number of halogens is 1. The van der Waals surface area contributed by atoms with E-state index in [0.717, 1.165) is 23.3 Å². The number of aryl methyl sites for hydroxylation is 1. The Kier molecular flexibility index (Phi) is 6.41.